The number of nitrogens with zero attached hydrogens (tertiary/aromatic N) is 1. The monoisotopic (exact) mass is 279 g/mol. The Morgan fingerprint density at radius 1 is 1.00 bits per heavy atom. The van der Waals surface area contributed by atoms with E-state index in [0.29, 0.717) is 0 Å². The summed E-state index contributed by atoms with van der Waals surface area (Å²) in [6, 6.07) is 9.13. The quantitative estimate of drug-likeness (QED) is 0.792. The van der Waals surface area contributed by atoms with Crippen molar-refractivity contribution >= 4 is 12.4 Å². The third-order valence-corrected chi connectivity index (χ3v) is 4.74. The number of halogens is 1. The molecule has 0 radical (unpaired) electrons. The van der Waals surface area contributed by atoms with Gasteiger partial charge in [-0.25, -0.2) is 0 Å². The molecule has 0 aromatic heterocycles. The van der Waals surface area contributed by atoms with Crippen LogP contribution in [0, 0.1) is 0 Å². The van der Waals surface area contributed by atoms with Crippen molar-refractivity contribution in [2.75, 3.05) is 19.6 Å². The summed E-state index contributed by atoms with van der Waals surface area (Å²) in [6.45, 7) is 4.00. The van der Waals surface area contributed by atoms with Crippen molar-refractivity contribution in [1.29, 1.82) is 0 Å². The van der Waals surface area contributed by atoms with Gasteiger partial charge in [0.25, 0.3) is 0 Å². The molecule has 1 unspecified atom stereocenters. The van der Waals surface area contributed by atoms with E-state index in [0.717, 1.165) is 5.92 Å². The summed E-state index contributed by atoms with van der Waals surface area (Å²) >= 11 is 0. The van der Waals surface area contributed by atoms with Crippen LogP contribution in [-0.4, -0.2) is 24.5 Å². The number of piperidine rings is 1. The molecule has 1 fully saturated rings. The Bertz CT molecular complexity index is 385. The van der Waals surface area contributed by atoms with Crippen LogP contribution in [0.4, 0.5) is 0 Å². The van der Waals surface area contributed by atoms with Crippen molar-refractivity contribution in [3.63, 3.8) is 0 Å². The number of likely N-dealkylation sites (tertiary alicyclic amines) is 1. The summed E-state index contributed by atoms with van der Waals surface area (Å²) in [4.78, 5) is 2.68. The van der Waals surface area contributed by atoms with Gasteiger partial charge in [-0.3, -0.25) is 0 Å². The molecule has 0 saturated carbocycles. The summed E-state index contributed by atoms with van der Waals surface area (Å²) in [6.07, 6.45) is 9.76. The first kappa shape index (κ1) is 14.9. The molecule has 0 N–H and O–H groups in total. The average Bonchev–Trinajstić information content (AvgIpc) is 2.46. The molecule has 1 saturated heterocycles. The maximum Gasteiger partial charge on any atom is -0.00129 e. The number of hydrogen-bond donors (Lipinski definition) is 0. The van der Waals surface area contributed by atoms with Crippen LogP contribution in [0.15, 0.2) is 24.3 Å². The normalized spacial score (nSPS) is 23.5. The van der Waals surface area contributed by atoms with Crippen molar-refractivity contribution < 1.29 is 0 Å². The maximum atomic E-state index is 2.68. The molecular formula is C17H26ClN. The second-order valence-corrected chi connectivity index (χ2v) is 5.98. The highest BCUT2D eigenvalue weighted by atomic mass is 35.5. The smallest absolute Gasteiger partial charge is 0.00129 e. The van der Waals surface area contributed by atoms with Gasteiger partial charge >= 0.3 is 0 Å². The molecule has 1 atom stereocenters. The number of hydrogen-bond acceptors (Lipinski definition) is 1. The van der Waals surface area contributed by atoms with Gasteiger partial charge in [0.05, 0.1) is 0 Å². The standard InChI is InChI=1S/C17H25N.ClH/c1-4-12-18(13-5-1)14-11-16-9-6-8-15-7-2-3-10-17(15)16;/h2-3,7,10,16H,1,4-6,8-9,11-14H2;1H. The molecule has 2 aliphatic rings. The molecule has 1 aromatic rings. The highest BCUT2D eigenvalue weighted by molar-refractivity contribution is 5.85. The molecule has 0 bridgehead atoms. The minimum Gasteiger partial charge on any atom is -0.303 e. The molecular weight excluding hydrogens is 254 g/mol. The van der Waals surface area contributed by atoms with Gasteiger partial charge in [0, 0.05) is 0 Å². The summed E-state index contributed by atoms with van der Waals surface area (Å²) < 4.78 is 0. The van der Waals surface area contributed by atoms with E-state index in [1.807, 2.05) is 0 Å². The van der Waals surface area contributed by atoms with Gasteiger partial charge in [-0.05, 0) is 75.2 Å². The first-order valence-corrected chi connectivity index (χ1v) is 7.73. The molecule has 3 rings (SSSR count). The van der Waals surface area contributed by atoms with Crippen LogP contribution in [0.3, 0.4) is 0 Å². The lowest BCUT2D eigenvalue weighted by Gasteiger charge is -2.30. The van der Waals surface area contributed by atoms with Crippen LogP contribution in [0.1, 0.15) is 55.6 Å². The Balaban J connectivity index is 0.00000133. The zero-order chi connectivity index (χ0) is 12.2. The fraction of sp³-hybridized carbons (Fsp3) is 0.647. The Morgan fingerprint density at radius 2 is 1.79 bits per heavy atom. The van der Waals surface area contributed by atoms with Gasteiger partial charge < -0.3 is 4.90 Å². The Morgan fingerprint density at radius 3 is 2.63 bits per heavy atom. The maximum absolute atomic E-state index is 2.68. The summed E-state index contributed by atoms with van der Waals surface area (Å²) in [5.74, 6) is 0.830. The highest BCUT2D eigenvalue weighted by Gasteiger charge is 2.20. The summed E-state index contributed by atoms with van der Waals surface area (Å²) in [5, 5.41) is 0. The fourth-order valence-corrected chi connectivity index (χ4v) is 3.68. The predicted molar refractivity (Wildman–Crippen MR) is 84.3 cm³/mol. The minimum absolute atomic E-state index is 0. The van der Waals surface area contributed by atoms with Gasteiger partial charge in [0.15, 0.2) is 0 Å². The predicted octanol–water partition coefficient (Wildman–Crippen LogP) is 4.40. The van der Waals surface area contributed by atoms with E-state index in [-0.39, 0.29) is 12.4 Å². The van der Waals surface area contributed by atoms with Crippen molar-refractivity contribution in [2.24, 2.45) is 0 Å². The summed E-state index contributed by atoms with van der Waals surface area (Å²) in [5.41, 5.74) is 3.27. The number of rotatable bonds is 3. The molecule has 106 valence electrons. The van der Waals surface area contributed by atoms with E-state index in [2.05, 4.69) is 29.2 Å². The van der Waals surface area contributed by atoms with Crippen molar-refractivity contribution in [1.82, 2.24) is 4.90 Å². The Labute approximate surface area is 123 Å². The average molecular weight is 280 g/mol. The van der Waals surface area contributed by atoms with E-state index >= 15 is 0 Å². The molecule has 2 heteroatoms. The van der Waals surface area contributed by atoms with E-state index in [1.165, 1.54) is 64.6 Å². The lowest BCUT2D eigenvalue weighted by molar-refractivity contribution is 0.218. The molecule has 1 aliphatic carbocycles. The number of fused-ring (bicyclic) bond motifs is 1. The summed E-state index contributed by atoms with van der Waals surface area (Å²) in [7, 11) is 0. The lowest BCUT2D eigenvalue weighted by atomic mass is 9.81. The largest absolute Gasteiger partial charge is 0.303 e. The zero-order valence-corrected chi connectivity index (χ0v) is 12.6. The van der Waals surface area contributed by atoms with Crippen molar-refractivity contribution in [2.45, 2.75) is 50.9 Å². The molecule has 1 aliphatic heterocycles. The molecule has 0 spiro atoms. The number of benzene rings is 1. The van der Waals surface area contributed by atoms with Crippen LogP contribution in [0.5, 0.6) is 0 Å². The second-order valence-electron chi connectivity index (χ2n) is 5.98. The van der Waals surface area contributed by atoms with Crippen molar-refractivity contribution in [3.05, 3.63) is 35.4 Å². The van der Waals surface area contributed by atoms with E-state index in [1.54, 1.807) is 11.1 Å². The van der Waals surface area contributed by atoms with Crippen molar-refractivity contribution in [3.8, 4) is 0 Å². The van der Waals surface area contributed by atoms with Crippen LogP contribution in [0.25, 0.3) is 0 Å². The molecule has 1 aromatic carbocycles. The lowest BCUT2D eigenvalue weighted by Crippen LogP contribution is -2.31. The van der Waals surface area contributed by atoms with Gasteiger partial charge in [0.1, 0.15) is 0 Å². The van der Waals surface area contributed by atoms with Crippen LogP contribution in [-0.2, 0) is 6.42 Å². The first-order chi connectivity index (χ1) is 8.93. The third-order valence-electron chi connectivity index (χ3n) is 4.74. The van der Waals surface area contributed by atoms with E-state index in [4.69, 9.17) is 0 Å². The topological polar surface area (TPSA) is 3.24 Å². The Kier molecular flexibility index (Phi) is 5.72. The molecule has 1 nitrogen and oxygen atoms in total. The molecule has 19 heavy (non-hydrogen) atoms. The molecule has 1 heterocycles. The zero-order valence-electron chi connectivity index (χ0n) is 11.8. The highest BCUT2D eigenvalue weighted by Crippen LogP contribution is 2.34. The first-order valence-electron chi connectivity index (χ1n) is 7.73. The fourth-order valence-electron chi connectivity index (χ4n) is 3.68. The van der Waals surface area contributed by atoms with Gasteiger partial charge in [-0.15, -0.1) is 12.4 Å². The van der Waals surface area contributed by atoms with E-state index in [9.17, 15) is 0 Å². The molecule has 0 amide bonds. The third kappa shape index (κ3) is 3.73. The second kappa shape index (κ2) is 7.31. The SMILES string of the molecule is Cl.c1ccc2c(c1)CCCC2CCN1CCCCC1. The van der Waals surface area contributed by atoms with E-state index < -0.39 is 0 Å². The number of aryl methyl sites for hydroxylation is 1. The van der Waals surface area contributed by atoms with Gasteiger partial charge in [-0.2, -0.15) is 0 Å². The van der Waals surface area contributed by atoms with Crippen LogP contribution < -0.4 is 0 Å². The van der Waals surface area contributed by atoms with Crippen LogP contribution in [0.2, 0.25) is 0 Å². The Hall–Kier alpha value is -0.530. The minimum atomic E-state index is 0. The van der Waals surface area contributed by atoms with Gasteiger partial charge in [0.2, 0.25) is 0 Å². The van der Waals surface area contributed by atoms with Gasteiger partial charge in [-0.1, -0.05) is 30.7 Å². The van der Waals surface area contributed by atoms with Crippen LogP contribution >= 0.6 is 12.4 Å².